The van der Waals surface area contributed by atoms with Gasteiger partial charge in [0.15, 0.2) is 0 Å². The summed E-state index contributed by atoms with van der Waals surface area (Å²) in [5, 5.41) is 5.91. The van der Waals surface area contributed by atoms with Crippen molar-refractivity contribution in [3.05, 3.63) is 48.0 Å². The summed E-state index contributed by atoms with van der Waals surface area (Å²) in [6.07, 6.45) is 4.93. The molecule has 1 saturated heterocycles. The van der Waals surface area contributed by atoms with E-state index in [1.54, 1.807) is 20.3 Å². The maximum atomic E-state index is 12.5. The Labute approximate surface area is 166 Å². The third-order valence-corrected chi connectivity index (χ3v) is 4.96. The first kappa shape index (κ1) is 19.9. The Bertz CT molecular complexity index is 764. The predicted octanol–water partition coefficient (Wildman–Crippen LogP) is 4.41. The number of rotatable bonds is 6. The van der Waals surface area contributed by atoms with E-state index in [1.807, 2.05) is 30.3 Å². The molecule has 0 aromatic heterocycles. The molecule has 0 atom stereocenters. The minimum absolute atomic E-state index is 0.232. The molecule has 0 unspecified atom stereocenters. The number of hydrogen-bond acceptors (Lipinski definition) is 4. The molecule has 28 heavy (non-hydrogen) atoms. The van der Waals surface area contributed by atoms with Crippen molar-refractivity contribution < 1.29 is 14.3 Å². The number of carbonyl (C=O) groups is 1. The highest BCUT2D eigenvalue weighted by Gasteiger charge is 2.14. The van der Waals surface area contributed by atoms with E-state index in [1.165, 1.54) is 25.7 Å². The Kier molecular flexibility index (Phi) is 7.00. The van der Waals surface area contributed by atoms with Crippen LogP contribution in [0.3, 0.4) is 0 Å². The van der Waals surface area contributed by atoms with E-state index in [0.717, 1.165) is 30.0 Å². The lowest BCUT2D eigenvalue weighted by molar-refractivity contribution is 0.251. The lowest BCUT2D eigenvalue weighted by atomic mass is 10.2. The van der Waals surface area contributed by atoms with Crippen LogP contribution in [-0.2, 0) is 6.54 Å². The van der Waals surface area contributed by atoms with Crippen molar-refractivity contribution in [1.29, 1.82) is 0 Å². The van der Waals surface area contributed by atoms with Gasteiger partial charge in [0.1, 0.15) is 11.5 Å². The van der Waals surface area contributed by atoms with Crippen LogP contribution in [0.1, 0.15) is 31.2 Å². The average Bonchev–Trinajstić information content (AvgIpc) is 3.02. The number of ether oxygens (including phenoxy) is 2. The van der Waals surface area contributed by atoms with Crippen molar-refractivity contribution in [2.24, 2.45) is 0 Å². The zero-order valence-corrected chi connectivity index (χ0v) is 16.7. The molecule has 0 spiro atoms. The van der Waals surface area contributed by atoms with Gasteiger partial charge in [-0.2, -0.15) is 0 Å². The third kappa shape index (κ3) is 5.31. The van der Waals surface area contributed by atoms with Crippen molar-refractivity contribution >= 4 is 17.4 Å². The summed E-state index contributed by atoms with van der Waals surface area (Å²) in [6.45, 7) is 2.44. The molecule has 0 aliphatic carbocycles. The summed E-state index contributed by atoms with van der Waals surface area (Å²) in [5.41, 5.74) is 2.83. The molecule has 2 aromatic rings. The normalized spacial score (nSPS) is 14.1. The molecule has 2 N–H and O–H groups in total. The largest absolute Gasteiger partial charge is 0.497 e. The van der Waals surface area contributed by atoms with E-state index in [0.29, 0.717) is 18.0 Å². The molecule has 0 bridgehead atoms. The summed E-state index contributed by atoms with van der Waals surface area (Å²) in [7, 11) is 3.22. The first-order chi connectivity index (χ1) is 13.7. The minimum atomic E-state index is -0.232. The van der Waals surface area contributed by atoms with Gasteiger partial charge in [-0.05, 0) is 42.7 Å². The predicted molar refractivity (Wildman–Crippen MR) is 113 cm³/mol. The molecule has 0 radical (unpaired) electrons. The molecule has 1 fully saturated rings. The molecule has 2 aromatic carbocycles. The second-order valence-corrected chi connectivity index (χ2v) is 6.95. The average molecular weight is 383 g/mol. The highest BCUT2D eigenvalue weighted by molar-refractivity contribution is 5.93. The second kappa shape index (κ2) is 9.88. The minimum Gasteiger partial charge on any atom is -0.497 e. The smallest absolute Gasteiger partial charge is 0.319 e. The van der Waals surface area contributed by atoms with Crippen LogP contribution in [0.25, 0.3) is 0 Å². The summed E-state index contributed by atoms with van der Waals surface area (Å²) < 4.78 is 10.6. The number of nitrogens with zero attached hydrogens (tertiary/aromatic N) is 1. The third-order valence-electron chi connectivity index (χ3n) is 4.96. The van der Waals surface area contributed by atoms with Crippen molar-refractivity contribution in [3.8, 4) is 11.5 Å². The molecule has 6 heteroatoms. The lowest BCUT2D eigenvalue weighted by Gasteiger charge is -2.25. The van der Waals surface area contributed by atoms with Gasteiger partial charge in [-0.15, -0.1) is 0 Å². The Morgan fingerprint density at radius 3 is 2.25 bits per heavy atom. The van der Waals surface area contributed by atoms with Crippen molar-refractivity contribution in [3.63, 3.8) is 0 Å². The Hall–Kier alpha value is -2.89. The number of methoxy groups -OCH3 is 2. The monoisotopic (exact) mass is 383 g/mol. The number of urea groups is 1. The van der Waals surface area contributed by atoms with E-state index in [2.05, 4.69) is 21.6 Å². The first-order valence-electron chi connectivity index (χ1n) is 9.80. The zero-order valence-electron chi connectivity index (χ0n) is 16.7. The lowest BCUT2D eigenvalue weighted by Crippen LogP contribution is -2.30. The first-order valence-corrected chi connectivity index (χ1v) is 9.80. The maximum absolute atomic E-state index is 12.5. The number of nitrogens with one attached hydrogen (secondary N) is 2. The number of amides is 2. The van der Waals surface area contributed by atoms with Crippen molar-refractivity contribution in [1.82, 2.24) is 5.32 Å². The number of hydrogen-bond donors (Lipinski definition) is 2. The fourth-order valence-corrected chi connectivity index (χ4v) is 3.48. The number of anilines is 2. The molecular weight excluding hydrogens is 354 g/mol. The highest BCUT2D eigenvalue weighted by Crippen LogP contribution is 2.28. The number of benzene rings is 2. The van der Waals surface area contributed by atoms with Crippen LogP contribution in [0.4, 0.5) is 16.2 Å². The van der Waals surface area contributed by atoms with Gasteiger partial charge in [-0.25, -0.2) is 4.79 Å². The fraction of sp³-hybridized carbons (Fsp3) is 0.409. The van der Waals surface area contributed by atoms with Crippen LogP contribution in [0, 0.1) is 0 Å². The summed E-state index contributed by atoms with van der Waals surface area (Å²) >= 11 is 0. The van der Waals surface area contributed by atoms with Gasteiger partial charge in [0.25, 0.3) is 0 Å². The number of para-hydroxylation sites is 2. The van der Waals surface area contributed by atoms with Crippen LogP contribution >= 0.6 is 0 Å². The van der Waals surface area contributed by atoms with Crippen LogP contribution in [0.2, 0.25) is 0 Å². The van der Waals surface area contributed by atoms with Gasteiger partial charge in [-0.1, -0.05) is 25.0 Å². The standard InChI is InChI=1S/C22H29N3O3/c1-27-18-13-17(14-19(15-18)28-2)16-23-22(26)24-20-9-5-6-10-21(20)25-11-7-3-4-8-12-25/h5-6,9-10,13-15H,3-4,7-8,11-12,16H2,1-2H3,(H2,23,24,26). The molecule has 150 valence electrons. The fourth-order valence-electron chi connectivity index (χ4n) is 3.48. The van der Waals surface area contributed by atoms with E-state index in [9.17, 15) is 4.79 Å². The van der Waals surface area contributed by atoms with Crippen molar-refractivity contribution in [2.45, 2.75) is 32.2 Å². The summed E-state index contributed by atoms with van der Waals surface area (Å²) in [4.78, 5) is 14.9. The highest BCUT2D eigenvalue weighted by atomic mass is 16.5. The molecule has 2 amide bonds. The Morgan fingerprint density at radius 1 is 0.964 bits per heavy atom. The van der Waals surface area contributed by atoms with Gasteiger partial charge in [0, 0.05) is 25.7 Å². The molecule has 0 saturated carbocycles. The van der Waals surface area contributed by atoms with E-state index in [-0.39, 0.29) is 6.03 Å². The Morgan fingerprint density at radius 2 is 1.61 bits per heavy atom. The SMILES string of the molecule is COc1cc(CNC(=O)Nc2ccccc2N2CCCCCC2)cc(OC)c1. The van der Waals surface area contributed by atoms with Crippen LogP contribution in [0.5, 0.6) is 11.5 Å². The quantitative estimate of drug-likeness (QED) is 0.776. The second-order valence-electron chi connectivity index (χ2n) is 6.95. The van der Waals surface area contributed by atoms with E-state index >= 15 is 0 Å². The molecular formula is C22H29N3O3. The molecule has 1 aliphatic heterocycles. The van der Waals surface area contributed by atoms with Gasteiger partial charge in [0.05, 0.1) is 25.6 Å². The summed E-state index contributed by atoms with van der Waals surface area (Å²) in [5.74, 6) is 1.39. The van der Waals surface area contributed by atoms with Gasteiger partial charge in [-0.3, -0.25) is 0 Å². The van der Waals surface area contributed by atoms with Gasteiger partial charge < -0.3 is 25.0 Å². The van der Waals surface area contributed by atoms with E-state index in [4.69, 9.17) is 9.47 Å². The topological polar surface area (TPSA) is 62.8 Å². The number of carbonyl (C=O) groups excluding carboxylic acids is 1. The van der Waals surface area contributed by atoms with Crippen LogP contribution in [-0.4, -0.2) is 33.3 Å². The van der Waals surface area contributed by atoms with Gasteiger partial charge in [0.2, 0.25) is 0 Å². The molecule has 1 aliphatic rings. The Balaban J connectivity index is 1.64. The maximum Gasteiger partial charge on any atom is 0.319 e. The molecule has 3 rings (SSSR count). The van der Waals surface area contributed by atoms with Crippen LogP contribution < -0.4 is 25.0 Å². The zero-order chi connectivity index (χ0) is 19.8. The van der Waals surface area contributed by atoms with E-state index < -0.39 is 0 Å². The van der Waals surface area contributed by atoms with Gasteiger partial charge >= 0.3 is 6.03 Å². The van der Waals surface area contributed by atoms with Crippen molar-refractivity contribution in [2.75, 3.05) is 37.5 Å². The molecule has 1 heterocycles. The molecule has 6 nitrogen and oxygen atoms in total. The summed E-state index contributed by atoms with van der Waals surface area (Å²) in [6, 6.07) is 13.3. The van der Waals surface area contributed by atoms with Crippen LogP contribution in [0.15, 0.2) is 42.5 Å².